The number of hydrogen-bond acceptors (Lipinski definition) is 3. The number of carboxylic acids is 1. The average molecular weight is 312 g/mol. The van der Waals surface area contributed by atoms with Crippen LogP contribution >= 0.6 is 11.3 Å². The molecule has 0 aliphatic rings. The van der Waals surface area contributed by atoms with Gasteiger partial charge in [-0.05, 0) is 23.8 Å². The molecule has 0 aliphatic carbocycles. The molecule has 0 aliphatic heterocycles. The Hall–Kier alpha value is -1.56. The average Bonchev–Trinajstić information content (AvgIpc) is 2.97. The highest BCUT2D eigenvalue weighted by atomic mass is 32.1. The predicted molar refractivity (Wildman–Crippen MR) is 84.5 cm³/mol. The number of rotatable bonds is 8. The number of hydrogen-bond donors (Lipinski definition) is 3. The standard InChI is InChI=1S/C15H24N2O3S/c1-4-7-11(12-8-6-9-21-12)16-15(20)17-13(14(18)19)10(3)5-2/h6,8-11,13H,4-5,7H2,1-3H3,(H,18,19)(H2,16,17,20)/t10?,11?,13-/m0/s1. The van der Waals surface area contributed by atoms with Gasteiger partial charge in [0.15, 0.2) is 0 Å². The second-order valence-corrected chi connectivity index (χ2v) is 6.16. The minimum Gasteiger partial charge on any atom is -0.480 e. The van der Waals surface area contributed by atoms with E-state index in [0.29, 0.717) is 6.42 Å². The normalized spacial score (nSPS) is 15.0. The number of thiophene rings is 1. The summed E-state index contributed by atoms with van der Waals surface area (Å²) < 4.78 is 0. The number of carbonyl (C=O) groups is 2. The molecular formula is C15H24N2O3S. The van der Waals surface area contributed by atoms with Gasteiger partial charge in [0.25, 0.3) is 0 Å². The largest absolute Gasteiger partial charge is 0.480 e. The molecule has 21 heavy (non-hydrogen) atoms. The van der Waals surface area contributed by atoms with Gasteiger partial charge >= 0.3 is 12.0 Å². The van der Waals surface area contributed by atoms with Crippen molar-refractivity contribution in [1.82, 2.24) is 10.6 Å². The Morgan fingerprint density at radius 2 is 2.05 bits per heavy atom. The Morgan fingerprint density at radius 1 is 1.33 bits per heavy atom. The lowest BCUT2D eigenvalue weighted by Gasteiger charge is -2.23. The van der Waals surface area contributed by atoms with Crippen molar-refractivity contribution < 1.29 is 14.7 Å². The van der Waals surface area contributed by atoms with E-state index in [9.17, 15) is 14.7 Å². The number of nitrogens with one attached hydrogen (secondary N) is 2. The Bertz CT molecular complexity index is 448. The van der Waals surface area contributed by atoms with Gasteiger partial charge < -0.3 is 15.7 Å². The zero-order chi connectivity index (χ0) is 15.8. The monoisotopic (exact) mass is 312 g/mol. The molecule has 0 fully saturated rings. The zero-order valence-electron chi connectivity index (χ0n) is 12.8. The summed E-state index contributed by atoms with van der Waals surface area (Å²) in [5.74, 6) is -1.11. The van der Waals surface area contributed by atoms with Crippen molar-refractivity contribution in [2.45, 2.75) is 52.1 Å². The maximum atomic E-state index is 12.1. The first-order chi connectivity index (χ1) is 9.99. The number of carbonyl (C=O) groups excluding carboxylic acids is 1. The van der Waals surface area contributed by atoms with E-state index in [-0.39, 0.29) is 12.0 Å². The second kappa shape index (κ2) is 8.67. The van der Waals surface area contributed by atoms with E-state index in [2.05, 4.69) is 17.6 Å². The first-order valence-corrected chi connectivity index (χ1v) is 8.20. The van der Waals surface area contributed by atoms with Crippen LogP contribution in [-0.4, -0.2) is 23.1 Å². The van der Waals surface area contributed by atoms with Gasteiger partial charge in [-0.15, -0.1) is 11.3 Å². The molecule has 2 amide bonds. The Morgan fingerprint density at radius 3 is 2.52 bits per heavy atom. The summed E-state index contributed by atoms with van der Waals surface area (Å²) >= 11 is 1.59. The van der Waals surface area contributed by atoms with Crippen LogP contribution < -0.4 is 10.6 Å². The van der Waals surface area contributed by atoms with E-state index in [1.165, 1.54) is 0 Å². The summed E-state index contributed by atoms with van der Waals surface area (Å²) in [6.45, 7) is 5.78. The fourth-order valence-corrected chi connectivity index (χ4v) is 2.90. The van der Waals surface area contributed by atoms with Gasteiger partial charge in [-0.25, -0.2) is 9.59 Å². The summed E-state index contributed by atoms with van der Waals surface area (Å²) in [6, 6.07) is 2.58. The minimum atomic E-state index is -0.998. The fraction of sp³-hybridized carbons (Fsp3) is 0.600. The van der Waals surface area contributed by atoms with Gasteiger partial charge in [0.05, 0.1) is 6.04 Å². The molecule has 5 nitrogen and oxygen atoms in total. The molecular weight excluding hydrogens is 288 g/mol. The highest BCUT2D eigenvalue weighted by Gasteiger charge is 2.26. The third kappa shape index (κ3) is 5.38. The third-order valence-corrected chi connectivity index (χ3v) is 4.52. The molecule has 0 bridgehead atoms. The Kier molecular flexibility index (Phi) is 7.22. The first-order valence-electron chi connectivity index (χ1n) is 7.32. The van der Waals surface area contributed by atoms with Crippen LogP contribution in [0.1, 0.15) is 51.0 Å². The number of carboxylic acid groups (broad SMARTS) is 1. The third-order valence-electron chi connectivity index (χ3n) is 3.53. The van der Waals surface area contributed by atoms with Crippen LogP contribution in [0, 0.1) is 5.92 Å². The SMILES string of the molecule is CCCC(NC(=O)N[C@H](C(=O)O)C(C)CC)c1cccs1. The van der Waals surface area contributed by atoms with Crippen LogP contribution in [0.5, 0.6) is 0 Å². The molecule has 1 heterocycles. The van der Waals surface area contributed by atoms with Crippen LogP contribution in [0.3, 0.4) is 0 Å². The molecule has 1 aromatic heterocycles. The number of aliphatic carboxylic acids is 1. The molecule has 1 aromatic rings. The van der Waals surface area contributed by atoms with Gasteiger partial charge in [-0.3, -0.25) is 0 Å². The van der Waals surface area contributed by atoms with E-state index < -0.39 is 18.0 Å². The van der Waals surface area contributed by atoms with E-state index >= 15 is 0 Å². The molecule has 0 aromatic carbocycles. The highest BCUT2D eigenvalue weighted by molar-refractivity contribution is 7.10. The van der Waals surface area contributed by atoms with Crippen molar-refractivity contribution in [3.05, 3.63) is 22.4 Å². The summed E-state index contributed by atoms with van der Waals surface area (Å²) in [5, 5.41) is 16.6. The molecule has 1 rings (SSSR count). The van der Waals surface area contributed by atoms with Crippen LogP contribution in [0.25, 0.3) is 0 Å². The summed E-state index contributed by atoms with van der Waals surface area (Å²) in [4.78, 5) is 24.4. The van der Waals surface area contributed by atoms with Gasteiger partial charge in [-0.1, -0.05) is 39.7 Å². The summed E-state index contributed by atoms with van der Waals surface area (Å²) in [5.41, 5.74) is 0. The maximum Gasteiger partial charge on any atom is 0.326 e. The van der Waals surface area contributed by atoms with Crippen LogP contribution in [-0.2, 0) is 4.79 Å². The molecule has 3 N–H and O–H groups in total. The molecule has 118 valence electrons. The lowest BCUT2D eigenvalue weighted by molar-refractivity contribution is -0.140. The first kappa shape index (κ1) is 17.5. The number of amides is 2. The molecule has 6 heteroatoms. The fourth-order valence-electron chi connectivity index (χ4n) is 2.09. The second-order valence-electron chi connectivity index (χ2n) is 5.18. The number of urea groups is 1. The van der Waals surface area contributed by atoms with Crippen molar-refractivity contribution in [3.63, 3.8) is 0 Å². The smallest absolute Gasteiger partial charge is 0.326 e. The van der Waals surface area contributed by atoms with Crippen LogP contribution in [0.15, 0.2) is 17.5 Å². The van der Waals surface area contributed by atoms with Crippen molar-refractivity contribution in [2.75, 3.05) is 0 Å². The highest BCUT2D eigenvalue weighted by Crippen LogP contribution is 2.23. The predicted octanol–water partition coefficient (Wildman–Crippen LogP) is 3.39. The molecule has 2 unspecified atom stereocenters. The zero-order valence-corrected chi connectivity index (χ0v) is 13.6. The van der Waals surface area contributed by atoms with Gasteiger partial charge in [0.1, 0.15) is 6.04 Å². The van der Waals surface area contributed by atoms with E-state index in [0.717, 1.165) is 17.7 Å². The minimum absolute atomic E-state index is 0.0682. The Balaban J connectivity index is 2.67. The molecule has 0 spiro atoms. The summed E-state index contributed by atoms with van der Waals surface area (Å²) in [7, 11) is 0. The lowest BCUT2D eigenvalue weighted by Crippen LogP contribution is -2.49. The van der Waals surface area contributed by atoms with Gasteiger partial charge in [-0.2, -0.15) is 0 Å². The van der Waals surface area contributed by atoms with E-state index in [1.807, 2.05) is 31.4 Å². The van der Waals surface area contributed by atoms with Crippen molar-refractivity contribution in [3.8, 4) is 0 Å². The van der Waals surface area contributed by atoms with Crippen molar-refractivity contribution in [1.29, 1.82) is 0 Å². The van der Waals surface area contributed by atoms with Gasteiger partial charge in [0, 0.05) is 4.88 Å². The van der Waals surface area contributed by atoms with E-state index in [1.54, 1.807) is 11.3 Å². The Labute approximate surface area is 129 Å². The maximum absolute atomic E-state index is 12.1. The van der Waals surface area contributed by atoms with Crippen molar-refractivity contribution in [2.24, 2.45) is 5.92 Å². The molecule has 3 atom stereocenters. The topological polar surface area (TPSA) is 78.4 Å². The quantitative estimate of drug-likeness (QED) is 0.688. The summed E-state index contributed by atoms with van der Waals surface area (Å²) in [6.07, 6.45) is 2.46. The molecule has 0 saturated carbocycles. The van der Waals surface area contributed by atoms with Gasteiger partial charge in [0.2, 0.25) is 0 Å². The molecule has 0 radical (unpaired) electrons. The van der Waals surface area contributed by atoms with E-state index in [4.69, 9.17) is 0 Å². The van der Waals surface area contributed by atoms with Crippen LogP contribution in [0.2, 0.25) is 0 Å². The lowest BCUT2D eigenvalue weighted by atomic mass is 9.99. The van der Waals surface area contributed by atoms with Crippen LogP contribution in [0.4, 0.5) is 4.79 Å². The molecule has 0 saturated heterocycles. The van der Waals surface area contributed by atoms with Crippen molar-refractivity contribution >= 4 is 23.3 Å².